The molecule has 0 saturated carbocycles. The smallest absolute Gasteiger partial charge is 0.268 e. The summed E-state index contributed by atoms with van der Waals surface area (Å²) in [5, 5.41) is 1.13. The maximum Gasteiger partial charge on any atom is 0.268 e. The maximum absolute atomic E-state index is 14.4. The van der Waals surface area contributed by atoms with Crippen molar-refractivity contribution >= 4 is 59.2 Å². The van der Waals surface area contributed by atoms with Gasteiger partial charge in [0, 0.05) is 15.8 Å². The summed E-state index contributed by atoms with van der Waals surface area (Å²) in [6.07, 6.45) is 0. The fourth-order valence-electron chi connectivity index (χ4n) is 4.81. The van der Waals surface area contributed by atoms with Crippen molar-refractivity contribution in [3.63, 3.8) is 0 Å². The van der Waals surface area contributed by atoms with Crippen molar-refractivity contribution in [3.05, 3.63) is 126 Å². The van der Waals surface area contributed by atoms with Gasteiger partial charge in [0.25, 0.3) is 20.0 Å². The first-order valence-corrected chi connectivity index (χ1v) is 15.6. The van der Waals surface area contributed by atoms with E-state index < -0.39 is 25.8 Å². The quantitative estimate of drug-likeness (QED) is 0.208. The zero-order valence-corrected chi connectivity index (χ0v) is 23.8. The Hall–Kier alpha value is -4.38. The first kappa shape index (κ1) is 26.8. The molecule has 0 spiro atoms. The third kappa shape index (κ3) is 4.40. The molecule has 0 aliphatic carbocycles. The molecule has 0 fully saturated rings. The summed E-state index contributed by atoms with van der Waals surface area (Å²) in [4.78, 5) is 14.3. The molecule has 0 aliphatic rings. The SMILES string of the molecule is COc1ccc2c(c1)cc(C(=O)c1cc3ccc(Cl)cc3n1S(=O)(=O)c1ccccc1)n2S(=O)(=O)c1ccccc1. The van der Waals surface area contributed by atoms with E-state index in [9.17, 15) is 21.6 Å². The number of ketones is 1. The number of methoxy groups -OCH3 is 1. The van der Waals surface area contributed by atoms with Crippen LogP contribution in [0.25, 0.3) is 21.8 Å². The van der Waals surface area contributed by atoms with E-state index in [1.807, 2.05) is 0 Å². The third-order valence-corrected chi connectivity index (χ3v) is 10.4. The lowest BCUT2D eigenvalue weighted by Gasteiger charge is -2.14. The van der Waals surface area contributed by atoms with E-state index in [1.54, 1.807) is 66.7 Å². The second-order valence-electron chi connectivity index (χ2n) is 9.18. The topological polar surface area (TPSA) is 104 Å². The predicted octanol–water partition coefficient (Wildman–Crippen LogP) is 5.96. The van der Waals surface area contributed by atoms with Gasteiger partial charge in [-0.15, -0.1) is 0 Å². The molecule has 0 saturated heterocycles. The van der Waals surface area contributed by atoms with E-state index in [4.69, 9.17) is 16.3 Å². The predicted molar refractivity (Wildman–Crippen MR) is 157 cm³/mol. The van der Waals surface area contributed by atoms with E-state index >= 15 is 0 Å². The van der Waals surface area contributed by atoms with Crippen LogP contribution in [0.15, 0.2) is 119 Å². The molecule has 0 unspecified atom stereocenters. The molecule has 2 heterocycles. The Bertz CT molecular complexity index is 2190. The minimum atomic E-state index is -4.31. The number of fused-ring (bicyclic) bond motifs is 2. The molecule has 0 amide bonds. The Morgan fingerprint density at radius 1 is 0.634 bits per heavy atom. The monoisotopic (exact) mass is 604 g/mol. The van der Waals surface area contributed by atoms with Crippen molar-refractivity contribution in [2.24, 2.45) is 0 Å². The lowest BCUT2D eigenvalue weighted by atomic mass is 10.2. The molecule has 8 nitrogen and oxygen atoms in total. The Morgan fingerprint density at radius 3 is 1.73 bits per heavy atom. The number of benzene rings is 4. The second kappa shape index (κ2) is 9.91. The Balaban J connectivity index is 1.67. The van der Waals surface area contributed by atoms with Gasteiger partial charge in [0.05, 0.1) is 27.9 Å². The standard InChI is InChI=1S/C30H21ClN2O6S2/c1-39-23-14-15-26-21(16-23)18-29(32(26)40(35,36)24-8-4-2-5-9-24)30(34)28-17-20-12-13-22(31)19-27(20)33(28)41(37,38)25-10-6-3-7-11-25/h2-19H,1H3. The van der Waals surface area contributed by atoms with Crippen LogP contribution in [0.4, 0.5) is 0 Å². The van der Waals surface area contributed by atoms with Crippen molar-refractivity contribution in [3.8, 4) is 5.75 Å². The third-order valence-electron chi connectivity index (χ3n) is 6.71. The summed E-state index contributed by atoms with van der Waals surface area (Å²) in [6, 6.07) is 27.6. The normalized spacial score (nSPS) is 12.1. The summed E-state index contributed by atoms with van der Waals surface area (Å²) in [7, 11) is -7.12. The zero-order chi connectivity index (χ0) is 28.9. The molecule has 0 N–H and O–H groups in total. The second-order valence-corrected chi connectivity index (χ2v) is 13.2. The van der Waals surface area contributed by atoms with Crippen LogP contribution in [-0.4, -0.2) is 37.7 Å². The molecule has 2 aromatic heterocycles. The molecule has 0 atom stereocenters. The van der Waals surface area contributed by atoms with Crippen LogP contribution in [0.1, 0.15) is 16.2 Å². The van der Waals surface area contributed by atoms with Crippen LogP contribution in [-0.2, 0) is 20.0 Å². The fourth-order valence-corrected chi connectivity index (χ4v) is 8.03. The number of carbonyl (C=O) groups is 1. The summed E-state index contributed by atoms with van der Waals surface area (Å²) >= 11 is 6.24. The Morgan fingerprint density at radius 2 is 1.17 bits per heavy atom. The van der Waals surface area contributed by atoms with Crippen LogP contribution in [0.2, 0.25) is 5.02 Å². The van der Waals surface area contributed by atoms with Gasteiger partial charge in [-0.1, -0.05) is 54.1 Å². The van der Waals surface area contributed by atoms with Gasteiger partial charge in [0.1, 0.15) is 17.1 Å². The van der Waals surface area contributed by atoms with Crippen LogP contribution < -0.4 is 4.74 Å². The van der Waals surface area contributed by atoms with E-state index in [0.717, 1.165) is 7.94 Å². The van der Waals surface area contributed by atoms with Crippen LogP contribution in [0.3, 0.4) is 0 Å². The van der Waals surface area contributed by atoms with Gasteiger partial charge in [-0.05, 0) is 66.7 Å². The molecule has 0 radical (unpaired) electrons. The van der Waals surface area contributed by atoms with Crippen molar-refractivity contribution < 1.29 is 26.4 Å². The van der Waals surface area contributed by atoms with E-state index in [1.165, 1.54) is 49.6 Å². The highest BCUT2D eigenvalue weighted by Crippen LogP contribution is 2.33. The van der Waals surface area contributed by atoms with Gasteiger partial charge in [0.15, 0.2) is 0 Å². The number of carbonyl (C=O) groups excluding carboxylic acids is 1. The highest BCUT2D eigenvalue weighted by molar-refractivity contribution is 7.90. The highest BCUT2D eigenvalue weighted by atomic mass is 35.5. The summed E-state index contributed by atoms with van der Waals surface area (Å²) in [5.74, 6) is -0.354. The number of rotatable bonds is 7. The number of aromatic nitrogens is 2. The van der Waals surface area contributed by atoms with Crippen molar-refractivity contribution in [2.45, 2.75) is 9.79 Å². The molecule has 0 bridgehead atoms. The maximum atomic E-state index is 14.4. The van der Waals surface area contributed by atoms with Gasteiger partial charge in [0.2, 0.25) is 5.78 Å². The summed E-state index contributed by atoms with van der Waals surface area (Å²) < 4.78 is 63.1. The molecule has 6 aromatic rings. The average molecular weight is 605 g/mol. The summed E-state index contributed by atoms with van der Waals surface area (Å²) in [6.45, 7) is 0. The largest absolute Gasteiger partial charge is 0.497 e. The van der Waals surface area contributed by atoms with E-state index in [-0.39, 0.29) is 37.2 Å². The van der Waals surface area contributed by atoms with Gasteiger partial charge in [-0.25, -0.2) is 24.8 Å². The molecular weight excluding hydrogens is 584 g/mol. The van der Waals surface area contributed by atoms with E-state index in [0.29, 0.717) is 16.5 Å². The zero-order valence-electron chi connectivity index (χ0n) is 21.4. The molecule has 11 heteroatoms. The van der Waals surface area contributed by atoms with Crippen LogP contribution in [0.5, 0.6) is 5.75 Å². The van der Waals surface area contributed by atoms with Crippen molar-refractivity contribution in [2.75, 3.05) is 7.11 Å². The first-order valence-electron chi connectivity index (χ1n) is 12.3. The molecule has 41 heavy (non-hydrogen) atoms. The van der Waals surface area contributed by atoms with Gasteiger partial charge in [-0.3, -0.25) is 4.79 Å². The Kier molecular flexibility index (Phi) is 6.49. The average Bonchev–Trinajstić information content (AvgIpc) is 3.56. The minimum absolute atomic E-state index is 0.0356. The number of nitrogens with zero attached hydrogens (tertiary/aromatic N) is 2. The van der Waals surface area contributed by atoms with Crippen molar-refractivity contribution in [1.29, 1.82) is 0 Å². The van der Waals surface area contributed by atoms with Gasteiger partial charge < -0.3 is 4.74 Å². The highest BCUT2D eigenvalue weighted by Gasteiger charge is 2.32. The number of hydrogen-bond acceptors (Lipinski definition) is 6. The number of halogens is 1. The first-order chi connectivity index (χ1) is 19.6. The van der Waals surface area contributed by atoms with Gasteiger partial charge >= 0.3 is 0 Å². The Labute approximate surface area is 241 Å². The molecule has 206 valence electrons. The molecular formula is C30H21ClN2O6S2. The molecule has 0 aliphatic heterocycles. The van der Waals surface area contributed by atoms with Crippen molar-refractivity contribution in [1.82, 2.24) is 7.94 Å². The lowest BCUT2D eigenvalue weighted by Crippen LogP contribution is -2.23. The molecule has 6 rings (SSSR count). The number of ether oxygens (including phenoxy) is 1. The lowest BCUT2D eigenvalue weighted by molar-refractivity contribution is 0.102. The molecule has 4 aromatic carbocycles. The van der Waals surface area contributed by atoms with E-state index in [2.05, 4.69) is 0 Å². The van der Waals surface area contributed by atoms with Crippen LogP contribution >= 0.6 is 11.6 Å². The summed E-state index contributed by atoms with van der Waals surface area (Å²) in [5.41, 5.74) is -0.0736. The minimum Gasteiger partial charge on any atom is -0.497 e. The van der Waals surface area contributed by atoms with Gasteiger partial charge in [-0.2, -0.15) is 0 Å². The number of hydrogen-bond donors (Lipinski definition) is 0. The fraction of sp³-hybridized carbons (Fsp3) is 0.0333. The van der Waals surface area contributed by atoms with Crippen LogP contribution in [0, 0.1) is 0 Å².